The number of aromatic nitrogens is 3. The monoisotopic (exact) mass is 435 g/mol. The van der Waals surface area contributed by atoms with Crippen molar-refractivity contribution in [1.82, 2.24) is 15.0 Å². The van der Waals surface area contributed by atoms with Crippen LogP contribution in [0.4, 0.5) is 0 Å². The zero-order chi connectivity index (χ0) is 22.6. The maximum absolute atomic E-state index is 12.7. The van der Waals surface area contributed by atoms with Gasteiger partial charge in [-0.15, -0.1) is 15.0 Å². The largest absolute Gasteiger partial charge is 0.423 e. The number of hydrogen-bond donors (Lipinski definition) is 0. The van der Waals surface area contributed by atoms with E-state index in [1.54, 1.807) is 60.7 Å². The second kappa shape index (κ2) is 8.76. The Balaban J connectivity index is 1.52. The molecule has 1 aromatic heterocycles. The van der Waals surface area contributed by atoms with Gasteiger partial charge in [0.25, 0.3) is 0 Å². The third kappa shape index (κ3) is 4.33. The molecule has 0 amide bonds. The van der Waals surface area contributed by atoms with Crippen LogP contribution in [0.25, 0.3) is 16.7 Å². The molecule has 5 aromatic rings. The summed E-state index contributed by atoms with van der Waals surface area (Å²) in [5, 5.41) is 8.94. The number of fused-ring (bicyclic) bond motifs is 1. The van der Waals surface area contributed by atoms with E-state index in [9.17, 15) is 9.59 Å². The molecule has 5 rings (SSSR count). The summed E-state index contributed by atoms with van der Waals surface area (Å²) in [7, 11) is 0. The number of ether oxygens (including phenoxy) is 2. The predicted octanol–water partition coefficient (Wildman–Crippen LogP) is 4.86. The Labute approximate surface area is 188 Å². The summed E-state index contributed by atoms with van der Waals surface area (Å²) in [6.45, 7) is 0. The van der Waals surface area contributed by atoms with E-state index < -0.39 is 11.9 Å². The van der Waals surface area contributed by atoms with Gasteiger partial charge in [0.05, 0.1) is 11.1 Å². The van der Waals surface area contributed by atoms with Crippen LogP contribution in [0.5, 0.6) is 11.5 Å². The fourth-order valence-electron chi connectivity index (χ4n) is 3.25. The van der Waals surface area contributed by atoms with E-state index in [4.69, 9.17) is 9.47 Å². The average molecular weight is 435 g/mol. The summed E-state index contributed by atoms with van der Waals surface area (Å²) in [5.74, 6) is -0.700. The quantitative estimate of drug-likeness (QED) is 0.290. The standard InChI is InChI=1S/C26H17N3O4/c30-25(18-9-3-1-4-10-18)32-20-15-16-23(29-27-21-13-7-8-14-22(21)28-29)24(17-20)33-26(31)19-11-5-2-6-12-19/h1-17H. The zero-order valence-electron chi connectivity index (χ0n) is 17.3. The highest BCUT2D eigenvalue weighted by Crippen LogP contribution is 2.29. The molecule has 0 atom stereocenters. The van der Waals surface area contributed by atoms with Gasteiger partial charge in [-0.05, 0) is 48.5 Å². The highest BCUT2D eigenvalue weighted by atomic mass is 16.5. The Bertz CT molecular complexity index is 1410. The molecule has 0 saturated carbocycles. The minimum Gasteiger partial charge on any atom is -0.423 e. The van der Waals surface area contributed by atoms with Crippen molar-refractivity contribution in [2.75, 3.05) is 0 Å². The predicted molar refractivity (Wildman–Crippen MR) is 122 cm³/mol. The van der Waals surface area contributed by atoms with Crippen LogP contribution in [0.15, 0.2) is 103 Å². The molecule has 0 aliphatic rings. The lowest BCUT2D eigenvalue weighted by Crippen LogP contribution is -2.12. The van der Waals surface area contributed by atoms with E-state index in [2.05, 4.69) is 10.2 Å². The number of esters is 2. The van der Waals surface area contributed by atoms with E-state index in [1.165, 1.54) is 10.9 Å². The molecule has 0 saturated heterocycles. The summed E-state index contributed by atoms with van der Waals surface area (Å²) < 4.78 is 11.2. The molecule has 0 unspecified atom stereocenters. The maximum atomic E-state index is 12.7. The molecule has 1 heterocycles. The Morgan fingerprint density at radius 3 is 1.70 bits per heavy atom. The number of carbonyl (C=O) groups is 2. The van der Waals surface area contributed by atoms with Crippen molar-refractivity contribution in [2.24, 2.45) is 0 Å². The van der Waals surface area contributed by atoms with Crippen LogP contribution >= 0.6 is 0 Å². The minimum absolute atomic E-state index is 0.155. The number of hydrogen-bond acceptors (Lipinski definition) is 6. The summed E-state index contributed by atoms with van der Waals surface area (Å²) in [6, 6.07) is 29.4. The Morgan fingerprint density at radius 1 is 0.606 bits per heavy atom. The average Bonchev–Trinajstić information content (AvgIpc) is 3.29. The second-order valence-electron chi connectivity index (χ2n) is 7.12. The minimum atomic E-state index is -0.555. The van der Waals surface area contributed by atoms with Crippen LogP contribution in [0.2, 0.25) is 0 Å². The van der Waals surface area contributed by atoms with Crippen molar-refractivity contribution in [2.45, 2.75) is 0 Å². The zero-order valence-corrected chi connectivity index (χ0v) is 17.3. The lowest BCUT2D eigenvalue weighted by molar-refractivity contribution is 0.0732. The highest BCUT2D eigenvalue weighted by molar-refractivity contribution is 5.92. The highest BCUT2D eigenvalue weighted by Gasteiger charge is 2.18. The molecule has 0 aliphatic heterocycles. The molecular formula is C26H17N3O4. The van der Waals surface area contributed by atoms with E-state index >= 15 is 0 Å². The van der Waals surface area contributed by atoms with Crippen molar-refractivity contribution in [3.63, 3.8) is 0 Å². The smallest absolute Gasteiger partial charge is 0.343 e. The Morgan fingerprint density at radius 2 is 1.12 bits per heavy atom. The van der Waals surface area contributed by atoms with Gasteiger partial charge in [0.2, 0.25) is 0 Å². The van der Waals surface area contributed by atoms with E-state index in [0.29, 0.717) is 27.8 Å². The summed E-state index contributed by atoms with van der Waals surface area (Å²) in [6.07, 6.45) is 0. The molecule has 7 nitrogen and oxygen atoms in total. The second-order valence-corrected chi connectivity index (χ2v) is 7.12. The molecule has 0 fully saturated rings. The van der Waals surface area contributed by atoms with Crippen LogP contribution in [-0.4, -0.2) is 26.9 Å². The normalized spacial score (nSPS) is 10.7. The fourth-order valence-corrected chi connectivity index (χ4v) is 3.25. The van der Waals surface area contributed by atoms with Crippen LogP contribution < -0.4 is 9.47 Å². The van der Waals surface area contributed by atoms with Gasteiger partial charge in [-0.25, -0.2) is 9.59 Å². The first-order valence-corrected chi connectivity index (χ1v) is 10.2. The molecule has 0 bridgehead atoms. The number of benzene rings is 4. The third-order valence-corrected chi connectivity index (χ3v) is 4.87. The molecule has 0 N–H and O–H groups in total. The molecule has 7 heteroatoms. The maximum Gasteiger partial charge on any atom is 0.343 e. The van der Waals surface area contributed by atoms with Crippen molar-refractivity contribution >= 4 is 23.0 Å². The van der Waals surface area contributed by atoms with Gasteiger partial charge < -0.3 is 9.47 Å². The topological polar surface area (TPSA) is 83.3 Å². The van der Waals surface area contributed by atoms with E-state index in [1.807, 2.05) is 36.4 Å². The van der Waals surface area contributed by atoms with Gasteiger partial charge in [0, 0.05) is 6.07 Å². The van der Waals surface area contributed by atoms with Crippen LogP contribution in [0.1, 0.15) is 20.7 Å². The number of rotatable bonds is 5. The van der Waals surface area contributed by atoms with E-state index in [0.717, 1.165) is 0 Å². The van der Waals surface area contributed by atoms with Gasteiger partial charge in [-0.3, -0.25) is 0 Å². The number of carbonyl (C=O) groups excluding carboxylic acids is 2. The molecule has 0 aliphatic carbocycles. The molecule has 4 aromatic carbocycles. The first-order valence-electron chi connectivity index (χ1n) is 10.2. The van der Waals surface area contributed by atoms with Gasteiger partial charge in [-0.1, -0.05) is 48.5 Å². The fraction of sp³-hybridized carbons (Fsp3) is 0. The molecule has 160 valence electrons. The third-order valence-electron chi connectivity index (χ3n) is 4.87. The lowest BCUT2D eigenvalue weighted by atomic mass is 10.2. The van der Waals surface area contributed by atoms with Crippen molar-refractivity contribution in [1.29, 1.82) is 0 Å². The number of nitrogens with zero attached hydrogens (tertiary/aromatic N) is 3. The Hall–Kier alpha value is -4.78. The van der Waals surface area contributed by atoms with E-state index in [-0.39, 0.29) is 11.5 Å². The summed E-state index contributed by atoms with van der Waals surface area (Å²) in [4.78, 5) is 26.6. The SMILES string of the molecule is O=C(Oc1ccc(-n2nc3ccccc3n2)c(OC(=O)c2ccccc2)c1)c1ccccc1. The molecule has 33 heavy (non-hydrogen) atoms. The summed E-state index contributed by atoms with van der Waals surface area (Å²) in [5.41, 5.74) is 2.60. The van der Waals surface area contributed by atoms with Gasteiger partial charge in [-0.2, -0.15) is 0 Å². The summed E-state index contributed by atoms with van der Waals surface area (Å²) >= 11 is 0. The van der Waals surface area contributed by atoms with Crippen LogP contribution in [-0.2, 0) is 0 Å². The first kappa shape index (κ1) is 20.1. The van der Waals surface area contributed by atoms with Crippen molar-refractivity contribution in [3.05, 3.63) is 114 Å². The molecular weight excluding hydrogens is 418 g/mol. The van der Waals surface area contributed by atoms with Gasteiger partial charge in [0.1, 0.15) is 22.5 Å². The van der Waals surface area contributed by atoms with Crippen molar-refractivity contribution in [3.8, 4) is 17.2 Å². The van der Waals surface area contributed by atoms with Crippen molar-refractivity contribution < 1.29 is 19.1 Å². The first-order chi connectivity index (χ1) is 16.2. The van der Waals surface area contributed by atoms with Gasteiger partial charge >= 0.3 is 11.9 Å². The van der Waals surface area contributed by atoms with Crippen LogP contribution in [0.3, 0.4) is 0 Å². The molecule has 0 spiro atoms. The Kier molecular flexibility index (Phi) is 5.35. The lowest BCUT2D eigenvalue weighted by Gasteiger charge is -2.12. The van der Waals surface area contributed by atoms with Gasteiger partial charge in [0.15, 0.2) is 5.75 Å². The molecule has 0 radical (unpaired) electrons. The van der Waals surface area contributed by atoms with Crippen LogP contribution in [0, 0.1) is 0 Å².